The first-order valence-electron chi connectivity index (χ1n) is 3.98. The number of hydrogen-bond donors (Lipinski definition) is 2. The molecule has 1 unspecified atom stereocenters. The van der Waals surface area contributed by atoms with Crippen molar-refractivity contribution in [3.8, 4) is 5.75 Å². The van der Waals surface area contributed by atoms with Crippen LogP contribution in [0.4, 0.5) is 0 Å². The van der Waals surface area contributed by atoms with E-state index in [0.29, 0.717) is 5.92 Å². The van der Waals surface area contributed by atoms with Gasteiger partial charge in [0, 0.05) is 5.92 Å². The molecule has 1 atom stereocenters. The standard InChI is InChI=1S/C8H14N2O/c1-3-4-6(2)8-7(11)5-9-10-8/h5-6,11H,3-4H2,1-2H3,(H,9,10). The van der Waals surface area contributed by atoms with Crippen LogP contribution in [0.5, 0.6) is 5.75 Å². The zero-order valence-corrected chi connectivity index (χ0v) is 6.96. The molecule has 0 saturated heterocycles. The monoisotopic (exact) mass is 154 g/mol. The smallest absolute Gasteiger partial charge is 0.156 e. The minimum absolute atomic E-state index is 0.283. The zero-order chi connectivity index (χ0) is 8.27. The highest BCUT2D eigenvalue weighted by Crippen LogP contribution is 2.25. The van der Waals surface area contributed by atoms with E-state index in [4.69, 9.17) is 0 Å². The Labute approximate surface area is 66.4 Å². The molecule has 0 aliphatic rings. The highest BCUT2D eigenvalue weighted by Gasteiger charge is 2.11. The van der Waals surface area contributed by atoms with Crippen molar-refractivity contribution in [1.82, 2.24) is 10.2 Å². The number of rotatable bonds is 3. The van der Waals surface area contributed by atoms with E-state index in [2.05, 4.69) is 24.0 Å². The van der Waals surface area contributed by atoms with Crippen molar-refractivity contribution < 1.29 is 5.11 Å². The molecule has 0 bridgehead atoms. The van der Waals surface area contributed by atoms with Crippen LogP contribution >= 0.6 is 0 Å². The van der Waals surface area contributed by atoms with Crippen LogP contribution in [0.15, 0.2) is 6.20 Å². The number of nitrogens with zero attached hydrogens (tertiary/aromatic N) is 1. The molecule has 0 radical (unpaired) electrons. The Morgan fingerprint density at radius 3 is 2.91 bits per heavy atom. The summed E-state index contributed by atoms with van der Waals surface area (Å²) in [5.74, 6) is 0.636. The summed E-state index contributed by atoms with van der Waals surface area (Å²) in [7, 11) is 0. The van der Waals surface area contributed by atoms with E-state index in [1.165, 1.54) is 6.20 Å². The van der Waals surface area contributed by atoms with Crippen LogP contribution in [0.3, 0.4) is 0 Å². The Bertz CT molecular complexity index is 220. The van der Waals surface area contributed by atoms with Gasteiger partial charge in [0.05, 0.1) is 6.20 Å². The van der Waals surface area contributed by atoms with E-state index in [-0.39, 0.29) is 5.75 Å². The highest BCUT2D eigenvalue weighted by molar-refractivity contribution is 5.24. The van der Waals surface area contributed by atoms with Crippen molar-refractivity contribution in [3.05, 3.63) is 11.9 Å². The quantitative estimate of drug-likeness (QED) is 0.699. The molecule has 0 aliphatic carbocycles. The van der Waals surface area contributed by atoms with Gasteiger partial charge in [-0.25, -0.2) is 0 Å². The fraction of sp³-hybridized carbons (Fsp3) is 0.625. The first kappa shape index (κ1) is 8.11. The van der Waals surface area contributed by atoms with Gasteiger partial charge in [-0.3, -0.25) is 5.10 Å². The van der Waals surface area contributed by atoms with Crippen molar-refractivity contribution in [2.45, 2.75) is 32.6 Å². The highest BCUT2D eigenvalue weighted by atomic mass is 16.3. The van der Waals surface area contributed by atoms with Gasteiger partial charge in [0.2, 0.25) is 0 Å². The fourth-order valence-electron chi connectivity index (χ4n) is 1.23. The van der Waals surface area contributed by atoms with Crippen LogP contribution in [0.1, 0.15) is 38.3 Å². The second kappa shape index (κ2) is 3.42. The molecule has 62 valence electrons. The van der Waals surface area contributed by atoms with E-state index in [0.717, 1.165) is 18.5 Å². The van der Waals surface area contributed by atoms with Gasteiger partial charge in [-0.2, -0.15) is 5.10 Å². The molecule has 1 rings (SSSR count). The summed E-state index contributed by atoms with van der Waals surface area (Å²) in [4.78, 5) is 0. The van der Waals surface area contributed by atoms with Crippen molar-refractivity contribution in [2.24, 2.45) is 0 Å². The molecule has 2 N–H and O–H groups in total. The molecule has 1 aromatic heterocycles. The summed E-state index contributed by atoms with van der Waals surface area (Å²) in [5.41, 5.74) is 0.784. The molecule has 0 aromatic carbocycles. The Morgan fingerprint density at radius 1 is 1.73 bits per heavy atom. The van der Waals surface area contributed by atoms with E-state index in [9.17, 15) is 5.11 Å². The van der Waals surface area contributed by atoms with Crippen LogP contribution in [0.2, 0.25) is 0 Å². The molecule has 0 spiro atoms. The number of aromatic amines is 1. The maximum absolute atomic E-state index is 9.25. The number of hydrogen-bond acceptors (Lipinski definition) is 2. The van der Waals surface area contributed by atoms with Gasteiger partial charge >= 0.3 is 0 Å². The summed E-state index contributed by atoms with van der Waals surface area (Å²) < 4.78 is 0. The average molecular weight is 154 g/mol. The van der Waals surface area contributed by atoms with Gasteiger partial charge in [0.1, 0.15) is 5.69 Å². The average Bonchev–Trinajstić information content (AvgIpc) is 2.36. The molecule has 3 heteroatoms. The van der Waals surface area contributed by atoms with E-state index in [1.807, 2.05) is 0 Å². The largest absolute Gasteiger partial charge is 0.504 e. The van der Waals surface area contributed by atoms with Crippen molar-refractivity contribution in [2.75, 3.05) is 0 Å². The van der Waals surface area contributed by atoms with Gasteiger partial charge < -0.3 is 5.11 Å². The van der Waals surface area contributed by atoms with Crippen LogP contribution in [-0.2, 0) is 0 Å². The molecule has 11 heavy (non-hydrogen) atoms. The SMILES string of the molecule is CCCC(C)c1n[nH]cc1O. The lowest BCUT2D eigenvalue weighted by molar-refractivity contribution is 0.459. The molecule has 1 heterocycles. The maximum atomic E-state index is 9.25. The Kier molecular flexibility index (Phi) is 2.52. The third-order valence-corrected chi connectivity index (χ3v) is 1.84. The Morgan fingerprint density at radius 2 is 2.45 bits per heavy atom. The molecule has 1 aromatic rings. The Hall–Kier alpha value is -0.990. The van der Waals surface area contributed by atoms with E-state index >= 15 is 0 Å². The minimum Gasteiger partial charge on any atom is -0.504 e. The minimum atomic E-state index is 0.283. The van der Waals surface area contributed by atoms with Crippen molar-refractivity contribution in [1.29, 1.82) is 0 Å². The summed E-state index contributed by atoms with van der Waals surface area (Å²) >= 11 is 0. The van der Waals surface area contributed by atoms with Crippen molar-refractivity contribution >= 4 is 0 Å². The third-order valence-electron chi connectivity index (χ3n) is 1.84. The van der Waals surface area contributed by atoms with Crippen LogP contribution in [-0.4, -0.2) is 15.3 Å². The third kappa shape index (κ3) is 1.73. The zero-order valence-electron chi connectivity index (χ0n) is 6.96. The van der Waals surface area contributed by atoms with Crippen LogP contribution in [0.25, 0.3) is 0 Å². The number of H-pyrrole nitrogens is 1. The normalized spacial score (nSPS) is 13.3. The lowest BCUT2D eigenvalue weighted by atomic mass is 10.0. The van der Waals surface area contributed by atoms with Crippen LogP contribution in [0, 0.1) is 0 Å². The summed E-state index contributed by atoms with van der Waals surface area (Å²) in [6.07, 6.45) is 3.70. The van der Waals surface area contributed by atoms with E-state index in [1.54, 1.807) is 0 Å². The first-order valence-corrected chi connectivity index (χ1v) is 3.98. The molecule has 0 amide bonds. The maximum Gasteiger partial charge on any atom is 0.156 e. The predicted octanol–water partition coefficient (Wildman–Crippen LogP) is 2.02. The summed E-state index contributed by atoms with van der Waals surface area (Å²) in [5, 5.41) is 15.9. The lowest BCUT2D eigenvalue weighted by Gasteiger charge is -2.05. The molecule has 0 fully saturated rings. The Balaban J connectivity index is 2.67. The van der Waals surface area contributed by atoms with Crippen LogP contribution < -0.4 is 0 Å². The number of aromatic nitrogens is 2. The second-order valence-electron chi connectivity index (χ2n) is 2.85. The van der Waals surface area contributed by atoms with Gasteiger partial charge in [-0.05, 0) is 6.42 Å². The van der Waals surface area contributed by atoms with E-state index < -0.39 is 0 Å². The summed E-state index contributed by atoms with van der Waals surface area (Å²) in [6.45, 7) is 4.19. The molecule has 3 nitrogen and oxygen atoms in total. The van der Waals surface area contributed by atoms with Crippen molar-refractivity contribution in [3.63, 3.8) is 0 Å². The topological polar surface area (TPSA) is 48.9 Å². The van der Waals surface area contributed by atoms with Gasteiger partial charge in [0.25, 0.3) is 0 Å². The fourth-order valence-corrected chi connectivity index (χ4v) is 1.23. The first-order chi connectivity index (χ1) is 5.25. The van der Waals surface area contributed by atoms with Gasteiger partial charge in [-0.1, -0.05) is 20.3 Å². The lowest BCUT2D eigenvalue weighted by Crippen LogP contribution is -1.93. The summed E-state index contributed by atoms with van der Waals surface area (Å²) in [6, 6.07) is 0. The molecule has 0 saturated carbocycles. The predicted molar refractivity (Wildman–Crippen MR) is 43.6 cm³/mol. The second-order valence-corrected chi connectivity index (χ2v) is 2.85. The van der Waals surface area contributed by atoms with Gasteiger partial charge in [-0.15, -0.1) is 0 Å². The molecular formula is C8H14N2O. The molecule has 0 aliphatic heterocycles. The molecular weight excluding hydrogens is 140 g/mol. The number of nitrogens with one attached hydrogen (secondary N) is 1. The van der Waals surface area contributed by atoms with Gasteiger partial charge in [0.15, 0.2) is 5.75 Å². The number of aromatic hydroxyl groups is 1.